The summed E-state index contributed by atoms with van der Waals surface area (Å²) < 4.78 is 1.87. The van der Waals surface area contributed by atoms with Gasteiger partial charge in [0.05, 0.1) is 5.69 Å². The van der Waals surface area contributed by atoms with E-state index in [4.69, 9.17) is 0 Å². The van der Waals surface area contributed by atoms with Crippen molar-refractivity contribution in [2.75, 3.05) is 13.1 Å². The molecular formula is C12H22N4. The van der Waals surface area contributed by atoms with Crippen molar-refractivity contribution >= 4 is 0 Å². The molecule has 0 saturated carbocycles. The molecule has 0 spiro atoms. The third-order valence-electron chi connectivity index (χ3n) is 3.41. The molecule has 2 atom stereocenters. The maximum absolute atomic E-state index is 4.44. The Morgan fingerprint density at radius 3 is 3.00 bits per heavy atom. The summed E-state index contributed by atoms with van der Waals surface area (Å²) in [5.74, 6) is 0. The first-order valence-corrected chi connectivity index (χ1v) is 6.15. The number of aromatic nitrogens is 2. The van der Waals surface area contributed by atoms with E-state index < -0.39 is 0 Å². The second-order valence-corrected chi connectivity index (χ2v) is 4.77. The van der Waals surface area contributed by atoms with Gasteiger partial charge in [-0.1, -0.05) is 6.92 Å². The summed E-state index contributed by atoms with van der Waals surface area (Å²) in [6, 6.07) is 3.35. The van der Waals surface area contributed by atoms with Crippen LogP contribution in [0.3, 0.4) is 0 Å². The van der Waals surface area contributed by atoms with Crippen molar-refractivity contribution in [1.82, 2.24) is 20.0 Å². The van der Waals surface area contributed by atoms with Gasteiger partial charge in [0.25, 0.3) is 0 Å². The molecule has 1 N–H and O–H groups in total. The van der Waals surface area contributed by atoms with Gasteiger partial charge in [-0.15, -0.1) is 0 Å². The van der Waals surface area contributed by atoms with Crippen LogP contribution in [0.25, 0.3) is 0 Å². The highest BCUT2D eigenvalue weighted by Crippen LogP contribution is 2.12. The topological polar surface area (TPSA) is 33.1 Å². The summed E-state index contributed by atoms with van der Waals surface area (Å²) in [4.78, 5) is 2.52. The molecule has 0 aliphatic carbocycles. The maximum Gasteiger partial charge on any atom is 0.0764 e. The van der Waals surface area contributed by atoms with Crippen molar-refractivity contribution in [1.29, 1.82) is 0 Å². The number of nitrogens with zero attached hydrogens (tertiary/aromatic N) is 3. The lowest BCUT2D eigenvalue weighted by Gasteiger charge is -2.38. The molecule has 16 heavy (non-hydrogen) atoms. The largest absolute Gasteiger partial charge is 0.311 e. The van der Waals surface area contributed by atoms with Crippen molar-refractivity contribution < 1.29 is 0 Å². The van der Waals surface area contributed by atoms with Crippen LogP contribution in [0.4, 0.5) is 0 Å². The minimum Gasteiger partial charge on any atom is -0.311 e. The lowest BCUT2D eigenvalue weighted by molar-refractivity contribution is 0.130. The Hall–Kier alpha value is -0.870. The van der Waals surface area contributed by atoms with Gasteiger partial charge in [0.1, 0.15) is 0 Å². The Morgan fingerprint density at radius 1 is 1.56 bits per heavy atom. The van der Waals surface area contributed by atoms with Crippen LogP contribution >= 0.6 is 0 Å². The van der Waals surface area contributed by atoms with E-state index in [9.17, 15) is 0 Å². The molecule has 4 nitrogen and oxygen atoms in total. The van der Waals surface area contributed by atoms with Gasteiger partial charge in [0.2, 0.25) is 0 Å². The summed E-state index contributed by atoms with van der Waals surface area (Å²) in [7, 11) is 1.97. The van der Waals surface area contributed by atoms with Gasteiger partial charge in [-0.2, -0.15) is 5.10 Å². The molecule has 90 valence electrons. The Kier molecular flexibility index (Phi) is 3.61. The molecule has 0 amide bonds. The number of nitrogens with one attached hydrogen (secondary N) is 1. The van der Waals surface area contributed by atoms with E-state index in [0.29, 0.717) is 12.1 Å². The molecule has 0 aromatic carbocycles. The fraction of sp³-hybridized carbons (Fsp3) is 0.750. The molecule has 1 fully saturated rings. The molecule has 2 heterocycles. The van der Waals surface area contributed by atoms with Gasteiger partial charge in [-0.3, -0.25) is 9.58 Å². The molecule has 2 rings (SSSR count). The molecule has 2 unspecified atom stereocenters. The van der Waals surface area contributed by atoms with E-state index in [1.165, 1.54) is 12.1 Å². The first kappa shape index (κ1) is 11.6. The van der Waals surface area contributed by atoms with Crippen LogP contribution in [0.2, 0.25) is 0 Å². The zero-order valence-electron chi connectivity index (χ0n) is 10.5. The summed E-state index contributed by atoms with van der Waals surface area (Å²) in [6.45, 7) is 7.72. The number of aryl methyl sites for hydroxylation is 1. The van der Waals surface area contributed by atoms with Crippen LogP contribution in [0.15, 0.2) is 12.3 Å². The van der Waals surface area contributed by atoms with E-state index in [1.54, 1.807) is 0 Å². The third-order valence-corrected chi connectivity index (χ3v) is 3.41. The highest BCUT2D eigenvalue weighted by atomic mass is 15.3. The summed E-state index contributed by atoms with van der Waals surface area (Å²) >= 11 is 0. The molecule has 0 radical (unpaired) electrons. The van der Waals surface area contributed by atoms with Crippen molar-refractivity contribution in [2.24, 2.45) is 7.05 Å². The van der Waals surface area contributed by atoms with Crippen molar-refractivity contribution in [3.05, 3.63) is 18.0 Å². The van der Waals surface area contributed by atoms with Crippen LogP contribution in [-0.2, 0) is 13.6 Å². The van der Waals surface area contributed by atoms with Gasteiger partial charge >= 0.3 is 0 Å². The molecule has 1 saturated heterocycles. The zero-order chi connectivity index (χ0) is 11.5. The third kappa shape index (κ3) is 2.62. The highest BCUT2D eigenvalue weighted by Gasteiger charge is 2.24. The van der Waals surface area contributed by atoms with Gasteiger partial charge < -0.3 is 5.32 Å². The van der Waals surface area contributed by atoms with E-state index in [1.807, 2.05) is 17.9 Å². The van der Waals surface area contributed by atoms with E-state index in [2.05, 4.69) is 35.2 Å². The van der Waals surface area contributed by atoms with Crippen LogP contribution < -0.4 is 5.32 Å². The smallest absolute Gasteiger partial charge is 0.0764 e. The maximum atomic E-state index is 4.44. The van der Waals surface area contributed by atoms with Crippen LogP contribution in [0.5, 0.6) is 0 Å². The SMILES string of the molecule is CCC1CN(Cc2ccn(C)n2)C(C)CN1. The van der Waals surface area contributed by atoms with Crippen LogP contribution in [0, 0.1) is 0 Å². The highest BCUT2D eigenvalue weighted by molar-refractivity contribution is 5.00. The molecule has 1 aliphatic rings. The summed E-state index contributed by atoms with van der Waals surface area (Å²) in [5, 5.41) is 8.02. The second-order valence-electron chi connectivity index (χ2n) is 4.77. The molecular weight excluding hydrogens is 200 g/mol. The van der Waals surface area contributed by atoms with Gasteiger partial charge in [0.15, 0.2) is 0 Å². The first-order valence-electron chi connectivity index (χ1n) is 6.15. The predicted octanol–water partition coefficient (Wildman–Crippen LogP) is 0.992. The fourth-order valence-electron chi connectivity index (χ4n) is 2.24. The molecule has 1 aromatic heterocycles. The van der Waals surface area contributed by atoms with Crippen molar-refractivity contribution in [3.8, 4) is 0 Å². The quantitative estimate of drug-likeness (QED) is 0.828. The van der Waals surface area contributed by atoms with E-state index >= 15 is 0 Å². The standard InChI is InChI=1S/C12H22N4/c1-4-11-8-16(10(2)7-13-11)9-12-5-6-15(3)14-12/h5-6,10-11,13H,4,7-9H2,1-3H3. The number of hydrogen-bond acceptors (Lipinski definition) is 3. The first-order chi connectivity index (χ1) is 7.69. The summed E-state index contributed by atoms with van der Waals surface area (Å²) in [6.07, 6.45) is 3.21. The van der Waals surface area contributed by atoms with Gasteiger partial charge in [-0.05, 0) is 19.4 Å². The molecule has 0 bridgehead atoms. The minimum absolute atomic E-state index is 0.602. The number of hydrogen-bond donors (Lipinski definition) is 1. The van der Waals surface area contributed by atoms with Crippen molar-refractivity contribution in [3.63, 3.8) is 0 Å². The lowest BCUT2D eigenvalue weighted by Crippen LogP contribution is -2.54. The normalized spacial score (nSPS) is 27.2. The monoisotopic (exact) mass is 222 g/mol. The van der Waals surface area contributed by atoms with E-state index in [0.717, 1.165) is 19.6 Å². The van der Waals surface area contributed by atoms with Crippen molar-refractivity contribution in [2.45, 2.75) is 38.9 Å². The van der Waals surface area contributed by atoms with E-state index in [-0.39, 0.29) is 0 Å². The Labute approximate surface area is 97.6 Å². The Balaban J connectivity index is 1.96. The summed E-state index contributed by atoms with van der Waals surface area (Å²) in [5.41, 5.74) is 1.17. The number of piperazine rings is 1. The minimum atomic E-state index is 0.602. The lowest BCUT2D eigenvalue weighted by atomic mass is 10.1. The molecule has 4 heteroatoms. The average molecular weight is 222 g/mol. The van der Waals surface area contributed by atoms with Gasteiger partial charge in [-0.25, -0.2) is 0 Å². The average Bonchev–Trinajstić information content (AvgIpc) is 2.67. The van der Waals surface area contributed by atoms with Crippen LogP contribution in [0.1, 0.15) is 26.0 Å². The molecule has 1 aliphatic heterocycles. The fourth-order valence-corrected chi connectivity index (χ4v) is 2.24. The Morgan fingerprint density at radius 2 is 2.38 bits per heavy atom. The zero-order valence-corrected chi connectivity index (χ0v) is 10.5. The second kappa shape index (κ2) is 4.97. The molecule has 1 aromatic rings. The van der Waals surface area contributed by atoms with Gasteiger partial charge in [0, 0.05) is 45.0 Å². The number of rotatable bonds is 3. The Bertz CT molecular complexity index is 334. The predicted molar refractivity (Wildman–Crippen MR) is 65.2 cm³/mol. The van der Waals surface area contributed by atoms with Crippen LogP contribution in [-0.4, -0.2) is 39.9 Å².